The summed E-state index contributed by atoms with van der Waals surface area (Å²) in [6, 6.07) is 13.7. The van der Waals surface area contributed by atoms with E-state index in [0.717, 1.165) is 11.0 Å². The summed E-state index contributed by atoms with van der Waals surface area (Å²) in [6.07, 6.45) is 0. The molecule has 0 aliphatic rings. The van der Waals surface area contributed by atoms with Gasteiger partial charge in [0.05, 0.1) is 5.52 Å². The largest absolute Gasteiger partial charge is 0.350 e. The normalized spacial score (nSPS) is 10.7. The summed E-state index contributed by atoms with van der Waals surface area (Å²) >= 11 is 0. The minimum atomic E-state index is -0.330. The second kappa shape index (κ2) is 5.70. The molecule has 0 radical (unpaired) electrons. The minimum Gasteiger partial charge on any atom is -0.350 e. The molecular weight excluding hydrogens is 271 g/mol. The van der Waals surface area contributed by atoms with Gasteiger partial charge in [0.15, 0.2) is 0 Å². The molecule has 0 unspecified atom stereocenters. The number of para-hydroxylation sites is 1. The van der Waals surface area contributed by atoms with Gasteiger partial charge in [0, 0.05) is 12.1 Å². The van der Waals surface area contributed by atoms with Crippen molar-refractivity contribution in [3.8, 4) is 0 Å². The zero-order valence-corrected chi connectivity index (χ0v) is 11.2. The van der Waals surface area contributed by atoms with Crippen LogP contribution in [0.3, 0.4) is 0 Å². The molecule has 3 rings (SSSR count). The maximum Gasteiger partial charge on any atom is 0.242 e. The van der Waals surface area contributed by atoms with Gasteiger partial charge in [0.25, 0.3) is 0 Å². The van der Waals surface area contributed by atoms with Crippen LogP contribution in [0.15, 0.2) is 48.5 Å². The first-order chi connectivity index (χ1) is 10.2. The highest BCUT2D eigenvalue weighted by molar-refractivity contribution is 5.79. The number of benzene rings is 2. The Kier molecular flexibility index (Phi) is 3.59. The quantitative estimate of drug-likeness (QED) is 0.796. The number of amides is 1. The van der Waals surface area contributed by atoms with Crippen LogP contribution in [-0.4, -0.2) is 20.9 Å². The van der Waals surface area contributed by atoms with Gasteiger partial charge in [-0.1, -0.05) is 35.5 Å². The number of carbonyl (C=O) groups is 1. The number of nitrogens with one attached hydrogen (secondary N) is 1. The average Bonchev–Trinajstić information content (AvgIpc) is 2.90. The number of hydrogen-bond donors (Lipinski definition) is 1. The van der Waals surface area contributed by atoms with Crippen LogP contribution in [-0.2, 0) is 17.9 Å². The Labute approximate surface area is 120 Å². The van der Waals surface area contributed by atoms with Crippen molar-refractivity contribution in [3.05, 3.63) is 59.9 Å². The van der Waals surface area contributed by atoms with Crippen molar-refractivity contribution in [1.82, 2.24) is 20.3 Å². The summed E-state index contributed by atoms with van der Waals surface area (Å²) in [5.74, 6) is -0.571. The third-order valence-electron chi connectivity index (χ3n) is 3.15. The Hall–Kier alpha value is -2.76. The predicted octanol–water partition coefficient (Wildman–Crippen LogP) is 1.89. The fourth-order valence-corrected chi connectivity index (χ4v) is 2.06. The Morgan fingerprint density at radius 1 is 1.14 bits per heavy atom. The zero-order chi connectivity index (χ0) is 14.7. The van der Waals surface area contributed by atoms with Crippen LogP contribution in [0.4, 0.5) is 4.39 Å². The van der Waals surface area contributed by atoms with Gasteiger partial charge in [-0.25, -0.2) is 9.07 Å². The van der Waals surface area contributed by atoms with Crippen molar-refractivity contribution < 1.29 is 9.18 Å². The highest BCUT2D eigenvalue weighted by Crippen LogP contribution is 2.09. The number of carbonyl (C=O) groups excluding carboxylic acids is 1. The van der Waals surface area contributed by atoms with Crippen molar-refractivity contribution in [3.63, 3.8) is 0 Å². The molecule has 1 N–H and O–H groups in total. The average molecular weight is 284 g/mol. The van der Waals surface area contributed by atoms with Crippen LogP contribution >= 0.6 is 0 Å². The lowest BCUT2D eigenvalue weighted by Crippen LogP contribution is -2.27. The molecule has 5 nitrogen and oxygen atoms in total. The number of rotatable bonds is 4. The van der Waals surface area contributed by atoms with Gasteiger partial charge in [0.2, 0.25) is 5.91 Å². The van der Waals surface area contributed by atoms with Gasteiger partial charge in [-0.2, -0.15) is 0 Å². The second-order valence-corrected chi connectivity index (χ2v) is 4.60. The van der Waals surface area contributed by atoms with E-state index in [4.69, 9.17) is 0 Å². The van der Waals surface area contributed by atoms with Crippen LogP contribution in [0.2, 0.25) is 0 Å². The van der Waals surface area contributed by atoms with Gasteiger partial charge < -0.3 is 5.32 Å². The molecule has 0 bridgehead atoms. The second-order valence-electron chi connectivity index (χ2n) is 4.60. The summed E-state index contributed by atoms with van der Waals surface area (Å²) < 4.78 is 15.0. The molecule has 0 aliphatic carbocycles. The van der Waals surface area contributed by atoms with Crippen molar-refractivity contribution in [2.24, 2.45) is 0 Å². The highest BCUT2D eigenvalue weighted by atomic mass is 19.1. The summed E-state index contributed by atoms with van der Waals surface area (Å²) in [5, 5.41) is 10.6. The molecule has 0 aliphatic heterocycles. The maximum absolute atomic E-state index is 13.4. The molecule has 1 amide bonds. The van der Waals surface area contributed by atoms with E-state index >= 15 is 0 Å². The lowest BCUT2D eigenvalue weighted by molar-refractivity contribution is -0.121. The third-order valence-corrected chi connectivity index (χ3v) is 3.15. The molecule has 1 aromatic heterocycles. The van der Waals surface area contributed by atoms with Crippen LogP contribution in [0.25, 0.3) is 11.0 Å². The number of nitrogens with zero attached hydrogens (tertiary/aromatic N) is 3. The molecule has 1 heterocycles. The Balaban J connectivity index is 1.66. The van der Waals surface area contributed by atoms with E-state index < -0.39 is 0 Å². The first-order valence-electron chi connectivity index (χ1n) is 6.52. The Morgan fingerprint density at radius 3 is 2.76 bits per heavy atom. The fraction of sp³-hybridized carbons (Fsp3) is 0.133. The standard InChI is InChI=1S/C15H13FN4O/c16-12-6-2-1-5-11(12)9-17-15(21)10-20-14-8-4-3-7-13(14)18-19-20/h1-8H,9-10H2,(H,17,21). The fourth-order valence-electron chi connectivity index (χ4n) is 2.06. The summed E-state index contributed by atoms with van der Waals surface area (Å²) in [4.78, 5) is 11.9. The van der Waals surface area contributed by atoms with E-state index in [-0.39, 0.29) is 24.8 Å². The predicted molar refractivity (Wildman–Crippen MR) is 75.8 cm³/mol. The van der Waals surface area contributed by atoms with E-state index in [9.17, 15) is 9.18 Å². The summed E-state index contributed by atoms with van der Waals surface area (Å²) in [5.41, 5.74) is 1.98. The first-order valence-corrected chi connectivity index (χ1v) is 6.52. The molecule has 6 heteroatoms. The minimum absolute atomic E-state index is 0.0506. The van der Waals surface area contributed by atoms with Crippen LogP contribution < -0.4 is 5.32 Å². The molecule has 0 spiro atoms. The van der Waals surface area contributed by atoms with Gasteiger partial charge in [-0.3, -0.25) is 4.79 Å². The van der Waals surface area contributed by atoms with Gasteiger partial charge >= 0.3 is 0 Å². The summed E-state index contributed by atoms with van der Waals surface area (Å²) in [6.45, 7) is 0.201. The molecular formula is C15H13FN4O. The highest BCUT2D eigenvalue weighted by Gasteiger charge is 2.09. The van der Waals surface area contributed by atoms with E-state index in [2.05, 4.69) is 15.6 Å². The van der Waals surface area contributed by atoms with Crippen molar-refractivity contribution in [1.29, 1.82) is 0 Å². The Bertz CT molecular complexity index is 784. The van der Waals surface area contributed by atoms with Crippen LogP contribution in [0.1, 0.15) is 5.56 Å². The SMILES string of the molecule is O=C(Cn1nnc2ccccc21)NCc1ccccc1F. The zero-order valence-electron chi connectivity index (χ0n) is 11.2. The maximum atomic E-state index is 13.4. The van der Waals surface area contributed by atoms with Gasteiger partial charge in [-0.15, -0.1) is 5.10 Å². The smallest absolute Gasteiger partial charge is 0.242 e. The van der Waals surface area contributed by atoms with E-state index in [1.165, 1.54) is 10.7 Å². The molecule has 0 saturated carbocycles. The number of aromatic nitrogens is 3. The van der Waals surface area contributed by atoms with Gasteiger partial charge in [-0.05, 0) is 18.2 Å². The first kappa shape index (κ1) is 13.2. The molecule has 106 valence electrons. The topological polar surface area (TPSA) is 59.8 Å². The summed E-state index contributed by atoms with van der Waals surface area (Å²) in [7, 11) is 0. The molecule has 2 aromatic carbocycles. The molecule has 21 heavy (non-hydrogen) atoms. The van der Waals surface area contributed by atoms with Gasteiger partial charge in [0.1, 0.15) is 17.9 Å². The molecule has 0 atom stereocenters. The Morgan fingerprint density at radius 2 is 1.90 bits per heavy atom. The van der Waals surface area contributed by atoms with Crippen LogP contribution in [0, 0.1) is 5.82 Å². The van der Waals surface area contributed by atoms with E-state index in [1.807, 2.05) is 24.3 Å². The van der Waals surface area contributed by atoms with E-state index in [0.29, 0.717) is 5.56 Å². The van der Waals surface area contributed by atoms with Crippen molar-refractivity contribution in [2.45, 2.75) is 13.1 Å². The molecule has 0 fully saturated rings. The van der Waals surface area contributed by atoms with Crippen molar-refractivity contribution in [2.75, 3.05) is 0 Å². The lowest BCUT2D eigenvalue weighted by atomic mass is 10.2. The van der Waals surface area contributed by atoms with Crippen LogP contribution in [0.5, 0.6) is 0 Å². The number of fused-ring (bicyclic) bond motifs is 1. The number of hydrogen-bond acceptors (Lipinski definition) is 3. The van der Waals surface area contributed by atoms with Crippen molar-refractivity contribution >= 4 is 16.9 Å². The number of halogens is 1. The molecule has 0 saturated heterocycles. The molecule has 3 aromatic rings. The van der Waals surface area contributed by atoms with E-state index in [1.54, 1.807) is 18.2 Å². The monoisotopic (exact) mass is 284 g/mol. The lowest BCUT2D eigenvalue weighted by Gasteiger charge is -2.06. The third kappa shape index (κ3) is 2.89.